The summed E-state index contributed by atoms with van der Waals surface area (Å²) in [6.07, 6.45) is 3.06. The molecule has 0 aliphatic carbocycles. The average Bonchev–Trinajstić information content (AvgIpc) is 2.46. The van der Waals surface area contributed by atoms with Crippen LogP contribution in [0.2, 0.25) is 0 Å². The topological polar surface area (TPSA) is 58.6 Å². The number of rotatable bonds is 8. The molecule has 0 aromatic heterocycles. The molecule has 1 N–H and O–H groups in total. The van der Waals surface area contributed by atoms with Crippen molar-refractivity contribution in [1.82, 2.24) is 4.90 Å². The highest BCUT2D eigenvalue weighted by molar-refractivity contribution is 5.94. The minimum absolute atomic E-state index is 0.0769. The molecule has 0 radical (unpaired) electrons. The number of amides is 2. The van der Waals surface area contributed by atoms with Crippen molar-refractivity contribution in [2.45, 2.75) is 33.1 Å². The fourth-order valence-electron chi connectivity index (χ4n) is 1.98. The Bertz CT molecular complexity index is 474. The Hall–Kier alpha value is -2.04. The summed E-state index contributed by atoms with van der Waals surface area (Å²) < 4.78 is 5.11. The first kappa shape index (κ1) is 17.0. The number of hydrogen-bond acceptors (Lipinski definition) is 3. The van der Waals surface area contributed by atoms with Gasteiger partial charge in [-0.25, -0.2) is 0 Å². The van der Waals surface area contributed by atoms with E-state index in [9.17, 15) is 9.59 Å². The monoisotopic (exact) mass is 292 g/mol. The zero-order valence-corrected chi connectivity index (χ0v) is 13.0. The summed E-state index contributed by atoms with van der Waals surface area (Å²) in [5.74, 6) is 0.404. The van der Waals surface area contributed by atoms with Gasteiger partial charge in [0.25, 0.3) is 0 Å². The SMILES string of the molecule is CCCCCN(CC(=O)Nc1cccc(OC)c1)C(C)=O. The van der Waals surface area contributed by atoms with Gasteiger partial charge in [-0.3, -0.25) is 9.59 Å². The lowest BCUT2D eigenvalue weighted by atomic mass is 10.2. The molecule has 5 nitrogen and oxygen atoms in total. The van der Waals surface area contributed by atoms with E-state index < -0.39 is 0 Å². The van der Waals surface area contributed by atoms with Gasteiger partial charge in [-0.2, -0.15) is 0 Å². The Balaban J connectivity index is 2.54. The second-order valence-electron chi connectivity index (χ2n) is 4.93. The van der Waals surface area contributed by atoms with E-state index in [1.54, 1.807) is 30.2 Å². The molecule has 0 fully saturated rings. The molecule has 2 amide bonds. The van der Waals surface area contributed by atoms with E-state index in [0.29, 0.717) is 18.0 Å². The van der Waals surface area contributed by atoms with Crippen LogP contribution in [0.4, 0.5) is 5.69 Å². The number of carbonyl (C=O) groups is 2. The molecule has 5 heteroatoms. The normalized spacial score (nSPS) is 10.0. The van der Waals surface area contributed by atoms with Crippen molar-refractivity contribution in [3.8, 4) is 5.75 Å². The van der Waals surface area contributed by atoms with E-state index in [1.807, 2.05) is 6.07 Å². The quantitative estimate of drug-likeness (QED) is 0.749. The molecule has 0 bridgehead atoms. The van der Waals surface area contributed by atoms with E-state index in [4.69, 9.17) is 4.74 Å². The van der Waals surface area contributed by atoms with Crippen LogP contribution in [0.3, 0.4) is 0 Å². The third-order valence-electron chi connectivity index (χ3n) is 3.16. The maximum absolute atomic E-state index is 12.0. The molecule has 0 aliphatic rings. The van der Waals surface area contributed by atoms with E-state index in [1.165, 1.54) is 6.92 Å². The Morgan fingerprint density at radius 3 is 2.67 bits per heavy atom. The number of hydrogen-bond donors (Lipinski definition) is 1. The van der Waals surface area contributed by atoms with Crippen molar-refractivity contribution < 1.29 is 14.3 Å². The van der Waals surface area contributed by atoms with Crippen molar-refractivity contribution in [3.63, 3.8) is 0 Å². The number of unbranched alkanes of at least 4 members (excludes halogenated alkanes) is 2. The summed E-state index contributed by atoms with van der Waals surface area (Å²) in [7, 11) is 1.58. The Kier molecular flexibility index (Phi) is 7.29. The number of methoxy groups -OCH3 is 1. The number of anilines is 1. The van der Waals surface area contributed by atoms with Crippen molar-refractivity contribution in [2.24, 2.45) is 0 Å². The molecule has 0 saturated carbocycles. The van der Waals surface area contributed by atoms with Gasteiger partial charge < -0.3 is 15.0 Å². The maximum atomic E-state index is 12.0. The summed E-state index contributed by atoms with van der Waals surface area (Å²) >= 11 is 0. The molecule has 0 atom stereocenters. The van der Waals surface area contributed by atoms with Crippen LogP contribution in [0.25, 0.3) is 0 Å². The second-order valence-corrected chi connectivity index (χ2v) is 4.93. The second kappa shape index (κ2) is 9.00. The first-order chi connectivity index (χ1) is 10.1. The van der Waals surface area contributed by atoms with Crippen LogP contribution >= 0.6 is 0 Å². The number of nitrogens with one attached hydrogen (secondary N) is 1. The van der Waals surface area contributed by atoms with Crippen LogP contribution in [0.1, 0.15) is 33.1 Å². The fraction of sp³-hybridized carbons (Fsp3) is 0.500. The Morgan fingerprint density at radius 1 is 1.29 bits per heavy atom. The summed E-state index contributed by atoms with van der Waals surface area (Å²) in [6.45, 7) is 4.29. The van der Waals surface area contributed by atoms with Crippen molar-refractivity contribution in [3.05, 3.63) is 24.3 Å². The maximum Gasteiger partial charge on any atom is 0.243 e. The van der Waals surface area contributed by atoms with Crippen LogP contribution in [-0.2, 0) is 9.59 Å². The largest absolute Gasteiger partial charge is 0.497 e. The molecular weight excluding hydrogens is 268 g/mol. The summed E-state index contributed by atoms with van der Waals surface area (Å²) in [4.78, 5) is 25.1. The van der Waals surface area contributed by atoms with Crippen LogP contribution < -0.4 is 10.1 Å². The molecule has 0 aliphatic heterocycles. The minimum Gasteiger partial charge on any atom is -0.497 e. The lowest BCUT2D eigenvalue weighted by Gasteiger charge is -2.20. The molecule has 1 aromatic rings. The molecule has 0 saturated heterocycles. The van der Waals surface area contributed by atoms with Crippen LogP contribution in [0.15, 0.2) is 24.3 Å². The molecule has 0 heterocycles. The van der Waals surface area contributed by atoms with Crippen molar-refractivity contribution >= 4 is 17.5 Å². The molecule has 0 spiro atoms. The summed E-state index contributed by atoms with van der Waals surface area (Å²) in [5, 5.41) is 2.78. The first-order valence-electron chi connectivity index (χ1n) is 7.26. The predicted molar refractivity (Wildman–Crippen MR) is 83.4 cm³/mol. The first-order valence-corrected chi connectivity index (χ1v) is 7.26. The molecule has 116 valence electrons. The van der Waals surface area contributed by atoms with Gasteiger partial charge in [0.1, 0.15) is 5.75 Å². The van der Waals surface area contributed by atoms with E-state index in [0.717, 1.165) is 19.3 Å². The number of benzene rings is 1. The molecular formula is C16H24N2O3. The minimum atomic E-state index is -0.199. The van der Waals surface area contributed by atoms with E-state index in [-0.39, 0.29) is 18.4 Å². The van der Waals surface area contributed by atoms with E-state index in [2.05, 4.69) is 12.2 Å². The smallest absolute Gasteiger partial charge is 0.243 e. The number of ether oxygens (including phenoxy) is 1. The third-order valence-corrected chi connectivity index (χ3v) is 3.16. The fourth-order valence-corrected chi connectivity index (χ4v) is 1.98. The Labute approximate surface area is 126 Å². The molecule has 1 rings (SSSR count). The average molecular weight is 292 g/mol. The van der Waals surface area contributed by atoms with Gasteiger partial charge in [0.05, 0.1) is 13.7 Å². The number of nitrogens with zero attached hydrogens (tertiary/aromatic N) is 1. The number of carbonyl (C=O) groups excluding carboxylic acids is 2. The van der Waals surface area contributed by atoms with Crippen molar-refractivity contribution in [1.29, 1.82) is 0 Å². The highest BCUT2D eigenvalue weighted by Gasteiger charge is 2.13. The standard InChI is InChI=1S/C16H24N2O3/c1-4-5-6-10-18(13(2)19)12-16(20)17-14-8-7-9-15(11-14)21-3/h7-9,11H,4-6,10,12H2,1-3H3,(H,17,20). The van der Waals surface area contributed by atoms with Crippen LogP contribution in [0, 0.1) is 0 Å². The third kappa shape index (κ3) is 6.29. The van der Waals surface area contributed by atoms with Gasteiger partial charge in [0, 0.05) is 25.2 Å². The van der Waals surface area contributed by atoms with Gasteiger partial charge in [-0.15, -0.1) is 0 Å². The van der Waals surface area contributed by atoms with Crippen LogP contribution in [-0.4, -0.2) is 36.9 Å². The Morgan fingerprint density at radius 2 is 2.05 bits per heavy atom. The van der Waals surface area contributed by atoms with Crippen molar-refractivity contribution in [2.75, 3.05) is 25.5 Å². The zero-order chi connectivity index (χ0) is 15.7. The molecule has 0 unspecified atom stereocenters. The van der Waals surface area contributed by atoms with Gasteiger partial charge in [0.15, 0.2) is 0 Å². The predicted octanol–water partition coefficient (Wildman–Crippen LogP) is 2.67. The van der Waals surface area contributed by atoms with Gasteiger partial charge >= 0.3 is 0 Å². The van der Waals surface area contributed by atoms with Crippen LogP contribution in [0.5, 0.6) is 5.75 Å². The highest BCUT2D eigenvalue weighted by Crippen LogP contribution is 2.16. The highest BCUT2D eigenvalue weighted by atomic mass is 16.5. The summed E-state index contributed by atoms with van der Waals surface area (Å²) in [6, 6.07) is 7.14. The molecule has 21 heavy (non-hydrogen) atoms. The summed E-state index contributed by atoms with van der Waals surface area (Å²) in [5.41, 5.74) is 0.663. The molecule has 1 aromatic carbocycles. The van der Waals surface area contributed by atoms with E-state index >= 15 is 0 Å². The van der Waals surface area contributed by atoms with Gasteiger partial charge in [-0.1, -0.05) is 25.8 Å². The zero-order valence-electron chi connectivity index (χ0n) is 13.0. The lowest BCUT2D eigenvalue weighted by Crippen LogP contribution is -2.37. The van der Waals surface area contributed by atoms with Gasteiger partial charge in [-0.05, 0) is 18.6 Å². The van der Waals surface area contributed by atoms with Gasteiger partial charge in [0.2, 0.25) is 11.8 Å². The lowest BCUT2D eigenvalue weighted by molar-refractivity contribution is -0.132.